The van der Waals surface area contributed by atoms with Crippen LogP contribution in [0.5, 0.6) is 0 Å². The molecular weight excluding hydrogens is 606 g/mol. The molecule has 2 N–H and O–H groups in total. The Morgan fingerprint density at radius 2 is 1.19 bits per heavy atom. The van der Waals surface area contributed by atoms with Gasteiger partial charge >= 0.3 is 0 Å². The summed E-state index contributed by atoms with van der Waals surface area (Å²) >= 11 is 0. The van der Waals surface area contributed by atoms with E-state index in [-0.39, 0.29) is 78.6 Å². The molecule has 4 aromatic rings. The van der Waals surface area contributed by atoms with Gasteiger partial charge in [0.25, 0.3) is 5.91 Å². The lowest BCUT2D eigenvalue weighted by molar-refractivity contribution is -0.118. The minimum absolute atomic E-state index is 0.0103. The summed E-state index contributed by atoms with van der Waals surface area (Å²) < 4.78 is 6.34. The number of rotatable bonds is 17. The van der Waals surface area contributed by atoms with Crippen molar-refractivity contribution < 1.29 is 28.8 Å². The first kappa shape index (κ1) is 34.4. The topological polar surface area (TPSA) is 185 Å². The molecule has 0 saturated carbocycles. The van der Waals surface area contributed by atoms with Crippen LogP contribution in [-0.2, 0) is 57.0 Å². The van der Waals surface area contributed by atoms with Crippen molar-refractivity contribution in [1.29, 1.82) is 0 Å². The van der Waals surface area contributed by atoms with Crippen LogP contribution >= 0.6 is 0 Å². The average molecular weight is 646 g/mol. The molecule has 4 rings (SSSR count). The molecule has 248 valence electrons. The number of aryl methyl sites for hydroxylation is 4. The fourth-order valence-corrected chi connectivity index (χ4v) is 5.14. The Morgan fingerprint density at radius 3 is 1.81 bits per heavy atom. The van der Waals surface area contributed by atoms with Crippen LogP contribution in [0.2, 0.25) is 0 Å². The van der Waals surface area contributed by atoms with Crippen LogP contribution in [0.15, 0.2) is 30.9 Å². The molecule has 0 atom stereocenters. The highest BCUT2D eigenvalue weighted by molar-refractivity contribution is 5.98. The van der Waals surface area contributed by atoms with E-state index in [9.17, 15) is 28.8 Å². The van der Waals surface area contributed by atoms with E-state index in [4.69, 9.17) is 0 Å². The number of carbonyl (C=O) groups is 6. The normalized spacial score (nSPS) is 11.0. The second-order valence-corrected chi connectivity index (χ2v) is 11.6. The summed E-state index contributed by atoms with van der Waals surface area (Å²) in [5.41, 5.74) is 2.49. The van der Waals surface area contributed by atoms with Crippen LogP contribution in [-0.4, -0.2) is 81.1 Å². The van der Waals surface area contributed by atoms with Crippen molar-refractivity contribution in [3.05, 3.63) is 71.1 Å². The van der Waals surface area contributed by atoms with Crippen LogP contribution in [0.3, 0.4) is 0 Å². The molecule has 0 aliphatic carbocycles. The van der Waals surface area contributed by atoms with Crippen molar-refractivity contribution in [2.45, 2.75) is 46.0 Å². The summed E-state index contributed by atoms with van der Waals surface area (Å²) in [5.74, 6) is -0.752. The maximum absolute atomic E-state index is 13.1. The molecule has 0 radical (unpaired) electrons. The number of nitrogens with zero attached hydrogens (tertiary/aromatic N) is 7. The van der Waals surface area contributed by atoms with Crippen LogP contribution < -0.4 is 10.6 Å². The number of Topliss-reactive ketones (excluding diaryl/α,β-unsaturated/α-hetero) is 5. The van der Waals surface area contributed by atoms with Gasteiger partial charge in [0.15, 0.2) is 29.0 Å². The zero-order chi connectivity index (χ0) is 34.4. The van der Waals surface area contributed by atoms with Gasteiger partial charge in [0.05, 0.1) is 47.7 Å². The SMILES string of the molecule is CC(=O)CCNc1cc(C(=O)Cc2cn(C)c(C(=O)Cc3cn(C)c(C(=O)NCCC(=O)Cc4cn(C)c(C(C)=O)n4)n3)n2)n(C)c1. The molecule has 0 bridgehead atoms. The first-order valence-electron chi connectivity index (χ1n) is 15.1. The molecule has 15 heteroatoms. The van der Waals surface area contributed by atoms with Crippen molar-refractivity contribution in [3.63, 3.8) is 0 Å². The van der Waals surface area contributed by atoms with E-state index < -0.39 is 5.91 Å². The average Bonchev–Trinajstić information content (AvgIpc) is 3.74. The van der Waals surface area contributed by atoms with Crippen molar-refractivity contribution >= 4 is 40.5 Å². The Bertz CT molecular complexity index is 1860. The maximum atomic E-state index is 13.1. The molecule has 0 unspecified atom stereocenters. The minimum Gasteiger partial charge on any atom is -0.383 e. The molecule has 0 spiro atoms. The fourth-order valence-electron chi connectivity index (χ4n) is 5.14. The van der Waals surface area contributed by atoms with Gasteiger partial charge in [-0.1, -0.05) is 0 Å². The van der Waals surface area contributed by atoms with Crippen molar-refractivity contribution in [1.82, 2.24) is 38.5 Å². The predicted octanol–water partition coefficient (Wildman–Crippen LogP) is 1.60. The van der Waals surface area contributed by atoms with Gasteiger partial charge in [-0.2, -0.15) is 0 Å². The van der Waals surface area contributed by atoms with Crippen LogP contribution in [0.25, 0.3) is 0 Å². The summed E-state index contributed by atoms with van der Waals surface area (Å²) in [4.78, 5) is 87.0. The Morgan fingerprint density at radius 1 is 0.638 bits per heavy atom. The molecule has 0 aromatic carbocycles. The third kappa shape index (κ3) is 8.83. The lowest BCUT2D eigenvalue weighted by Gasteiger charge is -2.04. The lowest BCUT2D eigenvalue weighted by Crippen LogP contribution is -2.28. The third-order valence-corrected chi connectivity index (χ3v) is 7.39. The first-order chi connectivity index (χ1) is 22.2. The number of carbonyl (C=O) groups excluding carboxylic acids is 6. The molecule has 4 aromatic heterocycles. The van der Waals surface area contributed by atoms with Gasteiger partial charge in [-0.25, -0.2) is 15.0 Å². The fraction of sp³-hybridized carbons (Fsp3) is 0.406. The summed E-state index contributed by atoms with van der Waals surface area (Å²) in [6, 6.07) is 1.72. The van der Waals surface area contributed by atoms with Crippen molar-refractivity contribution in [3.8, 4) is 0 Å². The Hall–Kier alpha value is -5.47. The number of anilines is 1. The third-order valence-electron chi connectivity index (χ3n) is 7.39. The van der Waals surface area contributed by atoms with Gasteiger partial charge in [-0.05, 0) is 13.0 Å². The summed E-state index contributed by atoms with van der Waals surface area (Å²) in [6.45, 7) is 3.49. The Kier molecular flexibility index (Phi) is 10.8. The monoisotopic (exact) mass is 645 g/mol. The number of ketones is 5. The van der Waals surface area contributed by atoms with Crippen LogP contribution in [0.4, 0.5) is 5.69 Å². The second kappa shape index (κ2) is 14.7. The number of hydrogen-bond donors (Lipinski definition) is 2. The summed E-state index contributed by atoms with van der Waals surface area (Å²) in [5, 5.41) is 5.81. The molecule has 0 aliphatic heterocycles. The van der Waals surface area contributed by atoms with Crippen LogP contribution in [0, 0.1) is 0 Å². The summed E-state index contributed by atoms with van der Waals surface area (Å²) in [6.07, 6.45) is 7.00. The molecule has 15 nitrogen and oxygen atoms in total. The van der Waals surface area contributed by atoms with E-state index >= 15 is 0 Å². The molecule has 0 saturated heterocycles. The number of amides is 1. The van der Waals surface area contributed by atoms with Gasteiger partial charge in [0.2, 0.25) is 5.78 Å². The number of aromatic nitrogens is 7. The highest BCUT2D eigenvalue weighted by Gasteiger charge is 2.21. The standard InChI is InChI=1S/C32H39N9O6/c1-19(42)7-9-33-21-12-26(38(3)15-21)27(45)13-23-17-40(5)30(36-23)28(46)14-24-18-41(6)31(37-24)32(47)34-10-8-25(44)11-22-16-39(4)29(35-22)20(2)43/h12,15-18,33H,7-11,13-14H2,1-6H3,(H,34,47). The number of imidazole rings is 3. The number of nitrogens with one attached hydrogen (secondary N) is 2. The highest BCUT2D eigenvalue weighted by Crippen LogP contribution is 2.16. The predicted molar refractivity (Wildman–Crippen MR) is 171 cm³/mol. The molecule has 0 fully saturated rings. The van der Waals surface area contributed by atoms with Crippen molar-refractivity contribution in [2.24, 2.45) is 28.2 Å². The van der Waals surface area contributed by atoms with E-state index in [2.05, 4.69) is 25.6 Å². The Balaban J connectivity index is 1.29. The lowest BCUT2D eigenvalue weighted by atomic mass is 10.2. The largest absolute Gasteiger partial charge is 0.383 e. The molecule has 47 heavy (non-hydrogen) atoms. The van der Waals surface area contributed by atoms with Gasteiger partial charge in [-0.15, -0.1) is 0 Å². The van der Waals surface area contributed by atoms with Gasteiger partial charge < -0.3 is 28.9 Å². The smallest absolute Gasteiger partial charge is 0.287 e. The van der Waals surface area contributed by atoms with E-state index in [0.717, 1.165) is 5.69 Å². The molecule has 4 heterocycles. The minimum atomic E-state index is -0.494. The van der Waals surface area contributed by atoms with E-state index in [1.54, 1.807) is 72.7 Å². The summed E-state index contributed by atoms with van der Waals surface area (Å²) in [7, 11) is 6.74. The quantitative estimate of drug-likeness (QED) is 0.160. The Labute approximate surface area is 271 Å². The number of hydrogen-bond acceptors (Lipinski definition) is 10. The molecule has 1 amide bonds. The van der Waals surface area contributed by atoms with E-state index in [0.29, 0.717) is 35.7 Å². The molecular formula is C32H39N9O6. The van der Waals surface area contributed by atoms with Gasteiger partial charge in [0.1, 0.15) is 11.6 Å². The van der Waals surface area contributed by atoms with Crippen molar-refractivity contribution in [2.75, 3.05) is 18.4 Å². The molecule has 0 aliphatic rings. The zero-order valence-corrected chi connectivity index (χ0v) is 27.4. The second-order valence-electron chi connectivity index (χ2n) is 11.6. The maximum Gasteiger partial charge on any atom is 0.287 e. The van der Waals surface area contributed by atoms with E-state index in [1.807, 2.05) is 0 Å². The van der Waals surface area contributed by atoms with E-state index in [1.165, 1.54) is 18.4 Å². The first-order valence-corrected chi connectivity index (χ1v) is 15.1. The van der Waals surface area contributed by atoms with Gasteiger partial charge in [0, 0.05) is 85.8 Å². The van der Waals surface area contributed by atoms with Crippen LogP contribution in [0.1, 0.15) is 86.1 Å². The zero-order valence-electron chi connectivity index (χ0n) is 27.4. The highest BCUT2D eigenvalue weighted by atomic mass is 16.2. The van der Waals surface area contributed by atoms with Gasteiger partial charge in [-0.3, -0.25) is 28.8 Å².